The van der Waals surface area contributed by atoms with Crippen LogP contribution in [0.2, 0.25) is 0 Å². The number of anilines is 1. The van der Waals surface area contributed by atoms with Crippen LogP contribution in [0.5, 0.6) is 0 Å². The van der Waals surface area contributed by atoms with Crippen LogP contribution in [-0.2, 0) is 11.3 Å². The monoisotopic (exact) mass is 389 g/mol. The Balaban J connectivity index is 1.74. The molecule has 24 heavy (non-hydrogen) atoms. The van der Waals surface area contributed by atoms with E-state index in [4.69, 9.17) is 0 Å². The Kier molecular flexibility index (Phi) is 5.09. The molecule has 1 aliphatic rings. The molecule has 0 saturated heterocycles. The van der Waals surface area contributed by atoms with Gasteiger partial charge in [0.25, 0.3) is 0 Å². The molecule has 3 rings (SSSR count). The molecule has 1 aliphatic carbocycles. The van der Waals surface area contributed by atoms with Crippen molar-refractivity contribution in [1.82, 2.24) is 9.78 Å². The minimum atomic E-state index is -0.220. The number of nitrogens with one attached hydrogen (secondary N) is 1. The molecule has 128 valence electrons. The van der Waals surface area contributed by atoms with Gasteiger partial charge in [0.05, 0.1) is 5.92 Å². The van der Waals surface area contributed by atoms with Crippen LogP contribution < -0.4 is 5.32 Å². The van der Waals surface area contributed by atoms with Gasteiger partial charge in [-0.1, -0.05) is 41.9 Å². The molecule has 1 amide bonds. The molecule has 5 heteroatoms. The fourth-order valence-corrected chi connectivity index (χ4v) is 3.27. The Morgan fingerprint density at radius 2 is 2.08 bits per heavy atom. The highest BCUT2D eigenvalue weighted by Crippen LogP contribution is 2.41. The summed E-state index contributed by atoms with van der Waals surface area (Å²) < 4.78 is 3.05. The Hall–Kier alpha value is -1.62. The van der Waals surface area contributed by atoms with Crippen molar-refractivity contribution in [3.8, 4) is 0 Å². The number of carbonyl (C=O) groups excluding carboxylic acids is 1. The van der Waals surface area contributed by atoms with Crippen molar-refractivity contribution >= 4 is 27.7 Å². The molecule has 1 N–H and O–H groups in total. The average Bonchev–Trinajstić information content (AvgIpc) is 3.29. The lowest BCUT2D eigenvalue weighted by Crippen LogP contribution is -2.19. The van der Waals surface area contributed by atoms with Crippen LogP contribution >= 0.6 is 15.9 Å². The molecular formula is C19H24BrN3O. The van der Waals surface area contributed by atoms with Gasteiger partial charge in [-0.15, -0.1) is 0 Å². The maximum Gasteiger partial charge on any atom is 0.232 e. The summed E-state index contributed by atoms with van der Waals surface area (Å²) in [6.45, 7) is 7.19. The average molecular weight is 390 g/mol. The van der Waals surface area contributed by atoms with Crippen LogP contribution in [0.3, 0.4) is 0 Å². The molecule has 0 bridgehead atoms. The van der Waals surface area contributed by atoms with E-state index in [0.717, 1.165) is 16.6 Å². The van der Waals surface area contributed by atoms with Gasteiger partial charge in [0.15, 0.2) is 5.82 Å². The van der Waals surface area contributed by atoms with E-state index in [1.54, 1.807) is 0 Å². The third-order valence-electron chi connectivity index (χ3n) is 4.34. The topological polar surface area (TPSA) is 46.9 Å². The second kappa shape index (κ2) is 7.09. The number of hydrogen-bond acceptors (Lipinski definition) is 2. The number of amides is 1. The second-order valence-electron chi connectivity index (χ2n) is 7.07. The van der Waals surface area contributed by atoms with Gasteiger partial charge in [0, 0.05) is 28.7 Å². The molecule has 1 fully saturated rings. The van der Waals surface area contributed by atoms with Gasteiger partial charge in [0.1, 0.15) is 0 Å². The Labute approximate surface area is 151 Å². The molecule has 1 aromatic carbocycles. The van der Waals surface area contributed by atoms with Crippen molar-refractivity contribution in [3.05, 3.63) is 46.1 Å². The highest BCUT2D eigenvalue weighted by molar-refractivity contribution is 9.10. The number of hydrogen-bond donors (Lipinski definition) is 1. The summed E-state index contributed by atoms with van der Waals surface area (Å²) in [4.78, 5) is 12.6. The summed E-state index contributed by atoms with van der Waals surface area (Å²) in [6.07, 6.45) is 2.46. The predicted octanol–water partition coefficient (Wildman–Crippen LogP) is 4.92. The SMILES string of the molecule is CC(C)Cn1nc(NC(=O)C(C)c2cccc(Br)c2)cc1C1CC1. The maximum atomic E-state index is 12.6. The molecule has 0 radical (unpaired) electrons. The Bertz CT molecular complexity index is 734. The van der Waals surface area contributed by atoms with E-state index in [-0.39, 0.29) is 11.8 Å². The number of rotatable bonds is 6. The molecule has 1 atom stereocenters. The molecule has 2 aromatic rings. The fraction of sp³-hybridized carbons (Fsp3) is 0.474. The van der Waals surface area contributed by atoms with E-state index in [0.29, 0.717) is 17.7 Å². The maximum absolute atomic E-state index is 12.6. The predicted molar refractivity (Wildman–Crippen MR) is 100 cm³/mol. The highest BCUT2D eigenvalue weighted by atomic mass is 79.9. The van der Waals surface area contributed by atoms with Crippen molar-refractivity contribution in [2.45, 2.75) is 52.0 Å². The number of aromatic nitrogens is 2. The highest BCUT2D eigenvalue weighted by Gasteiger charge is 2.29. The molecule has 1 aromatic heterocycles. The summed E-state index contributed by atoms with van der Waals surface area (Å²) in [7, 11) is 0. The first-order valence-electron chi connectivity index (χ1n) is 8.58. The molecular weight excluding hydrogens is 366 g/mol. The van der Waals surface area contributed by atoms with E-state index >= 15 is 0 Å². The zero-order valence-corrected chi connectivity index (χ0v) is 16.0. The number of halogens is 1. The van der Waals surface area contributed by atoms with Crippen LogP contribution in [0.25, 0.3) is 0 Å². The molecule has 1 saturated carbocycles. The van der Waals surface area contributed by atoms with Crippen LogP contribution in [0.4, 0.5) is 5.82 Å². The first kappa shape index (κ1) is 17.2. The Morgan fingerprint density at radius 3 is 2.71 bits per heavy atom. The normalized spacial score (nSPS) is 15.5. The van der Waals surface area contributed by atoms with E-state index < -0.39 is 0 Å². The van der Waals surface area contributed by atoms with E-state index in [1.165, 1.54) is 18.5 Å². The van der Waals surface area contributed by atoms with Crippen LogP contribution in [-0.4, -0.2) is 15.7 Å². The third-order valence-corrected chi connectivity index (χ3v) is 4.83. The summed E-state index contributed by atoms with van der Waals surface area (Å²) in [6, 6.07) is 9.92. The van der Waals surface area contributed by atoms with Gasteiger partial charge >= 0.3 is 0 Å². The van der Waals surface area contributed by atoms with Gasteiger partial charge in [-0.25, -0.2) is 0 Å². The van der Waals surface area contributed by atoms with Crippen molar-refractivity contribution in [2.75, 3.05) is 5.32 Å². The van der Waals surface area contributed by atoms with Crippen LogP contribution in [0, 0.1) is 5.92 Å². The van der Waals surface area contributed by atoms with Crippen molar-refractivity contribution < 1.29 is 4.79 Å². The summed E-state index contributed by atoms with van der Waals surface area (Å²) >= 11 is 3.46. The summed E-state index contributed by atoms with van der Waals surface area (Å²) in [5.74, 6) is 1.58. The van der Waals surface area contributed by atoms with Gasteiger partial charge in [-0.3, -0.25) is 9.48 Å². The van der Waals surface area contributed by atoms with Crippen LogP contribution in [0.1, 0.15) is 56.7 Å². The molecule has 1 heterocycles. The summed E-state index contributed by atoms with van der Waals surface area (Å²) in [5, 5.41) is 7.61. The van der Waals surface area contributed by atoms with Crippen molar-refractivity contribution in [2.24, 2.45) is 5.92 Å². The van der Waals surface area contributed by atoms with Crippen molar-refractivity contribution in [1.29, 1.82) is 0 Å². The zero-order valence-electron chi connectivity index (χ0n) is 14.4. The first-order valence-corrected chi connectivity index (χ1v) is 9.37. The second-order valence-corrected chi connectivity index (χ2v) is 7.99. The lowest BCUT2D eigenvalue weighted by molar-refractivity contribution is -0.117. The fourth-order valence-electron chi connectivity index (χ4n) is 2.85. The van der Waals surface area contributed by atoms with Gasteiger partial charge in [-0.2, -0.15) is 5.10 Å². The lowest BCUT2D eigenvalue weighted by Gasteiger charge is -2.11. The largest absolute Gasteiger partial charge is 0.309 e. The molecule has 1 unspecified atom stereocenters. The number of benzene rings is 1. The first-order chi connectivity index (χ1) is 11.4. The minimum Gasteiger partial charge on any atom is -0.309 e. The molecule has 4 nitrogen and oxygen atoms in total. The lowest BCUT2D eigenvalue weighted by atomic mass is 10.0. The number of carbonyl (C=O) groups is 1. The van der Waals surface area contributed by atoms with Crippen LogP contribution in [0.15, 0.2) is 34.8 Å². The third kappa shape index (κ3) is 4.07. The minimum absolute atomic E-state index is 0.0235. The van der Waals surface area contributed by atoms with E-state index in [2.05, 4.69) is 44.9 Å². The number of nitrogens with zero attached hydrogens (tertiary/aromatic N) is 2. The quantitative estimate of drug-likeness (QED) is 0.761. The molecule has 0 spiro atoms. The van der Waals surface area contributed by atoms with E-state index in [1.807, 2.05) is 37.3 Å². The Morgan fingerprint density at radius 1 is 1.33 bits per heavy atom. The molecule has 0 aliphatic heterocycles. The van der Waals surface area contributed by atoms with Gasteiger partial charge in [0.2, 0.25) is 5.91 Å². The van der Waals surface area contributed by atoms with E-state index in [9.17, 15) is 4.79 Å². The zero-order chi connectivity index (χ0) is 17.3. The van der Waals surface area contributed by atoms with Crippen molar-refractivity contribution in [3.63, 3.8) is 0 Å². The smallest absolute Gasteiger partial charge is 0.232 e. The summed E-state index contributed by atoms with van der Waals surface area (Å²) in [5.41, 5.74) is 2.25. The standard InChI is InChI=1S/C19H24BrN3O/c1-12(2)11-23-17(14-7-8-14)10-18(22-23)21-19(24)13(3)15-5-4-6-16(20)9-15/h4-6,9-10,12-14H,7-8,11H2,1-3H3,(H,21,22,24). The van der Waals surface area contributed by atoms with Gasteiger partial charge < -0.3 is 5.32 Å². The van der Waals surface area contributed by atoms with Gasteiger partial charge in [-0.05, 0) is 43.4 Å².